The van der Waals surface area contributed by atoms with Crippen LogP contribution in [0.25, 0.3) is 22.3 Å². The summed E-state index contributed by atoms with van der Waals surface area (Å²) in [6, 6.07) is 8.94. The Bertz CT molecular complexity index is 1550. The van der Waals surface area contributed by atoms with Gasteiger partial charge in [-0.25, -0.2) is 14.8 Å². The van der Waals surface area contributed by atoms with Crippen molar-refractivity contribution in [2.24, 2.45) is 0 Å². The smallest absolute Gasteiger partial charge is 0.331 e. The molecule has 39 heavy (non-hydrogen) atoms. The molecule has 1 N–H and O–H groups in total. The molecule has 0 saturated heterocycles. The molecule has 0 bridgehead atoms. The summed E-state index contributed by atoms with van der Waals surface area (Å²) in [7, 11) is 3.90. The van der Waals surface area contributed by atoms with Gasteiger partial charge < -0.3 is 9.88 Å². The van der Waals surface area contributed by atoms with Gasteiger partial charge in [-0.2, -0.15) is 0 Å². The van der Waals surface area contributed by atoms with E-state index in [1.54, 1.807) is 33.9 Å². The van der Waals surface area contributed by atoms with Gasteiger partial charge in [0.25, 0.3) is 11.5 Å². The number of likely N-dealkylation sites (N-methyl/N-ethyl adjacent to an activating group) is 1. The summed E-state index contributed by atoms with van der Waals surface area (Å²) in [5.74, 6) is 0.313. The lowest BCUT2D eigenvalue weighted by Crippen LogP contribution is -2.40. The number of H-pyrrole nitrogens is 1. The summed E-state index contributed by atoms with van der Waals surface area (Å²) in [5.41, 5.74) is 2.30. The lowest BCUT2D eigenvalue weighted by molar-refractivity contribution is 0.0984. The van der Waals surface area contributed by atoms with E-state index in [1.165, 1.54) is 10.8 Å². The predicted molar refractivity (Wildman–Crippen MR) is 157 cm³/mol. The number of anilines is 1. The molecule has 0 fully saturated rings. The number of aromatic nitrogens is 5. The van der Waals surface area contributed by atoms with E-state index in [1.807, 2.05) is 45.0 Å². The van der Waals surface area contributed by atoms with Crippen molar-refractivity contribution in [3.63, 3.8) is 0 Å². The van der Waals surface area contributed by atoms with Crippen LogP contribution in [0.5, 0.6) is 0 Å². The number of pyridine rings is 2. The molecule has 206 valence electrons. The maximum absolute atomic E-state index is 13.4. The van der Waals surface area contributed by atoms with Crippen LogP contribution in [0, 0.1) is 0 Å². The van der Waals surface area contributed by atoms with E-state index in [9.17, 15) is 14.4 Å². The molecule has 0 saturated carbocycles. The third-order valence-corrected chi connectivity index (χ3v) is 6.99. The highest BCUT2D eigenvalue weighted by molar-refractivity contribution is 9.10. The molecular formula is C28H34BrN7O3. The second-order valence-corrected chi connectivity index (χ2v) is 10.5. The van der Waals surface area contributed by atoms with E-state index in [0.29, 0.717) is 58.9 Å². The quantitative estimate of drug-likeness (QED) is 0.261. The van der Waals surface area contributed by atoms with Crippen LogP contribution in [-0.2, 0) is 13.1 Å². The maximum Gasteiger partial charge on any atom is 0.331 e. The first kappa shape index (κ1) is 28.4. The Morgan fingerprint density at radius 3 is 2.38 bits per heavy atom. The molecule has 4 rings (SSSR count). The van der Waals surface area contributed by atoms with E-state index < -0.39 is 0 Å². The number of hydrogen-bond acceptors (Lipinski definition) is 6. The second kappa shape index (κ2) is 12.5. The molecule has 0 aliphatic rings. The van der Waals surface area contributed by atoms with Gasteiger partial charge in [-0.3, -0.25) is 23.6 Å². The monoisotopic (exact) mass is 595 g/mol. The standard InChI is InChI=1S/C28H34BrN7O3/c1-5-7-13-36-27(38)25-22(34(12-6-2)28(36)39)16-21(32-25)19-9-11-24(31-17-19)35(15-14-33(3)4)26(37)20-8-10-23(29)30-18-20/h8-11,16-18,32H,5-7,12-15H2,1-4H3. The summed E-state index contributed by atoms with van der Waals surface area (Å²) in [5, 5.41) is 0. The number of carbonyl (C=O) groups is 1. The Balaban J connectivity index is 1.72. The van der Waals surface area contributed by atoms with Gasteiger partial charge in [0.2, 0.25) is 0 Å². The zero-order chi connectivity index (χ0) is 28.1. The van der Waals surface area contributed by atoms with Gasteiger partial charge in [-0.1, -0.05) is 20.3 Å². The first-order chi connectivity index (χ1) is 18.7. The predicted octanol–water partition coefficient (Wildman–Crippen LogP) is 4.13. The number of unbranched alkanes of at least 4 members (excludes halogenated alkanes) is 1. The summed E-state index contributed by atoms with van der Waals surface area (Å²) in [4.78, 5) is 55.3. The van der Waals surface area contributed by atoms with Gasteiger partial charge in [0.05, 0.1) is 11.1 Å². The van der Waals surface area contributed by atoms with Crippen molar-refractivity contribution < 1.29 is 4.79 Å². The molecule has 0 aromatic carbocycles. The van der Waals surface area contributed by atoms with Crippen LogP contribution in [-0.4, -0.2) is 62.1 Å². The molecule has 0 aliphatic carbocycles. The van der Waals surface area contributed by atoms with Crippen LogP contribution >= 0.6 is 15.9 Å². The van der Waals surface area contributed by atoms with Gasteiger partial charge >= 0.3 is 5.69 Å². The Morgan fingerprint density at radius 2 is 1.77 bits per heavy atom. The van der Waals surface area contributed by atoms with Gasteiger partial charge in [-0.15, -0.1) is 0 Å². The number of carbonyl (C=O) groups excluding carboxylic acids is 1. The van der Waals surface area contributed by atoms with Crippen molar-refractivity contribution in [2.45, 2.75) is 46.2 Å². The molecule has 0 aliphatic heterocycles. The van der Waals surface area contributed by atoms with Crippen molar-refractivity contribution in [3.8, 4) is 11.3 Å². The largest absolute Gasteiger partial charge is 0.349 e. The second-order valence-electron chi connectivity index (χ2n) is 9.72. The Labute approximate surface area is 235 Å². The fourth-order valence-corrected chi connectivity index (χ4v) is 4.62. The van der Waals surface area contributed by atoms with Crippen molar-refractivity contribution in [1.82, 2.24) is 29.0 Å². The Kier molecular flexibility index (Phi) is 9.13. The minimum absolute atomic E-state index is 0.195. The molecule has 0 spiro atoms. The topological polar surface area (TPSA) is 109 Å². The summed E-state index contributed by atoms with van der Waals surface area (Å²) >= 11 is 3.31. The van der Waals surface area contributed by atoms with Crippen molar-refractivity contribution in [1.29, 1.82) is 0 Å². The number of hydrogen-bond donors (Lipinski definition) is 1. The highest BCUT2D eigenvalue weighted by Crippen LogP contribution is 2.24. The molecule has 10 nitrogen and oxygen atoms in total. The van der Waals surface area contributed by atoms with E-state index in [-0.39, 0.29) is 17.2 Å². The molecule has 1 amide bonds. The van der Waals surface area contributed by atoms with Crippen molar-refractivity contribution in [3.05, 3.63) is 73.7 Å². The lowest BCUT2D eigenvalue weighted by atomic mass is 10.2. The van der Waals surface area contributed by atoms with Crippen molar-refractivity contribution >= 4 is 38.7 Å². The number of amides is 1. The summed E-state index contributed by atoms with van der Waals surface area (Å²) in [6.45, 7) is 6.04. The SMILES string of the molecule is CCCCn1c(=O)c2[nH]c(-c3ccc(N(CCN(C)C)C(=O)c4ccc(Br)nc4)nc3)cc2n(CCC)c1=O. The summed E-state index contributed by atoms with van der Waals surface area (Å²) in [6.07, 6.45) is 5.62. The number of aryl methyl sites for hydroxylation is 1. The third-order valence-electron chi connectivity index (χ3n) is 6.52. The highest BCUT2D eigenvalue weighted by atomic mass is 79.9. The molecule has 0 atom stereocenters. The Hall–Kier alpha value is -3.57. The molecule has 11 heteroatoms. The lowest BCUT2D eigenvalue weighted by Gasteiger charge is -2.23. The number of rotatable bonds is 11. The zero-order valence-corrected chi connectivity index (χ0v) is 24.4. The van der Waals surface area contributed by atoms with Gasteiger partial charge in [-0.05, 0) is 73.2 Å². The van der Waals surface area contributed by atoms with Crippen LogP contribution in [0.15, 0.2) is 56.9 Å². The van der Waals surface area contributed by atoms with Crippen molar-refractivity contribution in [2.75, 3.05) is 32.1 Å². The fourth-order valence-electron chi connectivity index (χ4n) is 4.38. The molecular weight excluding hydrogens is 562 g/mol. The van der Waals surface area contributed by atoms with Crippen LogP contribution < -0.4 is 16.1 Å². The normalized spacial score (nSPS) is 11.4. The number of nitrogens with zero attached hydrogens (tertiary/aromatic N) is 6. The Morgan fingerprint density at radius 1 is 0.974 bits per heavy atom. The number of nitrogens with one attached hydrogen (secondary N) is 1. The average Bonchev–Trinajstić information content (AvgIpc) is 3.37. The van der Waals surface area contributed by atoms with Crippen LogP contribution in [0.4, 0.5) is 5.82 Å². The van der Waals surface area contributed by atoms with E-state index >= 15 is 0 Å². The molecule has 0 radical (unpaired) electrons. The maximum atomic E-state index is 13.4. The third kappa shape index (κ3) is 6.20. The van der Waals surface area contributed by atoms with E-state index in [2.05, 4.69) is 30.9 Å². The van der Waals surface area contributed by atoms with Gasteiger partial charge in [0, 0.05) is 49.8 Å². The van der Waals surface area contributed by atoms with Crippen LogP contribution in [0.3, 0.4) is 0 Å². The van der Waals surface area contributed by atoms with E-state index in [0.717, 1.165) is 24.8 Å². The first-order valence-corrected chi connectivity index (χ1v) is 13.9. The molecule has 0 unspecified atom stereocenters. The molecule has 4 aromatic rings. The van der Waals surface area contributed by atoms with E-state index in [4.69, 9.17) is 0 Å². The first-order valence-electron chi connectivity index (χ1n) is 13.2. The highest BCUT2D eigenvalue weighted by Gasteiger charge is 2.21. The van der Waals surface area contributed by atoms with Crippen LogP contribution in [0.2, 0.25) is 0 Å². The van der Waals surface area contributed by atoms with Gasteiger partial charge in [0.15, 0.2) is 0 Å². The number of fused-ring (bicyclic) bond motifs is 1. The fraction of sp³-hybridized carbons (Fsp3) is 0.393. The number of aromatic amines is 1. The van der Waals surface area contributed by atoms with Gasteiger partial charge in [0.1, 0.15) is 15.9 Å². The summed E-state index contributed by atoms with van der Waals surface area (Å²) < 4.78 is 3.65. The van der Waals surface area contributed by atoms with Crippen LogP contribution in [0.1, 0.15) is 43.5 Å². The molecule has 4 aromatic heterocycles. The number of halogens is 1. The molecule has 4 heterocycles. The minimum atomic E-state index is -0.310. The minimum Gasteiger partial charge on any atom is -0.349 e. The average molecular weight is 597 g/mol. The zero-order valence-electron chi connectivity index (χ0n) is 22.8.